The molecule has 2 aromatic heterocycles. The maximum absolute atomic E-state index is 12.8. The van der Waals surface area contributed by atoms with E-state index in [4.69, 9.17) is 9.47 Å². The Balaban J connectivity index is 1.47. The summed E-state index contributed by atoms with van der Waals surface area (Å²) in [4.78, 5) is 17.9. The Bertz CT molecular complexity index is 1310. The van der Waals surface area contributed by atoms with E-state index in [0.717, 1.165) is 35.7 Å². The second-order valence-electron chi connectivity index (χ2n) is 7.65. The molecule has 33 heavy (non-hydrogen) atoms. The fourth-order valence-corrected chi connectivity index (χ4v) is 4.25. The van der Waals surface area contributed by atoms with Gasteiger partial charge in [0.15, 0.2) is 5.82 Å². The highest BCUT2D eigenvalue weighted by Gasteiger charge is 2.12. The summed E-state index contributed by atoms with van der Waals surface area (Å²) >= 11 is 1.33. The van der Waals surface area contributed by atoms with Crippen LogP contribution in [0.5, 0.6) is 11.5 Å². The van der Waals surface area contributed by atoms with Gasteiger partial charge in [-0.15, -0.1) is 5.10 Å². The van der Waals surface area contributed by atoms with E-state index < -0.39 is 0 Å². The van der Waals surface area contributed by atoms with Crippen molar-refractivity contribution in [1.82, 2.24) is 14.6 Å². The Hall–Kier alpha value is -3.45. The van der Waals surface area contributed by atoms with Crippen molar-refractivity contribution < 1.29 is 9.47 Å². The number of fused-ring (bicyclic) bond motifs is 1. The van der Waals surface area contributed by atoms with E-state index in [-0.39, 0.29) is 5.56 Å². The lowest BCUT2D eigenvalue weighted by Gasteiger charge is -2.06. The Morgan fingerprint density at radius 1 is 1.00 bits per heavy atom. The Labute approximate surface area is 196 Å². The van der Waals surface area contributed by atoms with Crippen molar-refractivity contribution in [2.24, 2.45) is 0 Å². The predicted octanol–water partition coefficient (Wildman–Crippen LogP) is 4.89. The van der Waals surface area contributed by atoms with E-state index in [2.05, 4.69) is 23.6 Å². The SMILES string of the molecule is C=CCOc1ccc(/C=c2\sc3nc(-c4ccc(OCCCCCC)cc4)nn3c2=O)cc1. The fraction of sp³-hybridized carbons (Fsp3) is 0.269. The van der Waals surface area contributed by atoms with Crippen LogP contribution in [0.3, 0.4) is 0 Å². The molecule has 0 saturated heterocycles. The smallest absolute Gasteiger partial charge is 0.291 e. The number of hydrogen-bond acceptors (Lipinski definition) is 6. The summed E-state index contributed by atoms with van der Waals surface area (Å²) in [6.45, 7) is 7.02. The van der Waals surface area contributed by atoms with Gasteiger partial charge in [-0.05, 0) is 54.5 Å². The van der Waals surface area contributed by atoms with Gasteiger partial charge in [-0.25, -0.2) is 0 Å². The van der Waals surface area contributed by atoms with Gasteiger partial charge in [-0.2, -0.15) is 9.50 Å². The molecule has 0 amide bonds. The second kappa shape index (κ2) is 10.9. The van der Waals surface area contributed by atoms with Gasteiger partial charge < -0.3 is 9.47 Å². The zero-order chi connectivity index (χ0) is 23.0. The van der Waals surface area contributed by atoms with Crippen LogP contribution in [0.15, 0.2) is 66.0 Å². The second-order valence-corrected chi connectivity index (χ2v) is 8.66. The maximum Gasteiger partial charge on any atom is 0.291 e. The first-order valence-corrected chi connectivity index (χ1v) is 12.0. The van der Waals surface area contributed by atoms with Crippen LogP contribution in [0.1, 0.15) is 38.2 Å². The molecule has 0 aliphatic heterocycles. The van der Waals surface area contributed by atoms with E-state index in [1.54, 1.807) is 6.08 Å². The molecule has 170 valence electrons. The molecule has 0 aliphatic rings. The van der Waals surface area contributed by atoms with E-state index in [1.165, 1.54) is 35.1 Å². The van der Waals surface area contributed by atoms with Crippen molar-refractivity contribution in [3.8, 4) is 22.9 Å². The van der Waals surface area contributed by atoms with Gasteiger partial charge in [0.25, 0.3) is 5.56 Å². The molecule has 4 rings (SSSR count). The summed E-state index contributed by atoms with van der Waals surface area (Å²) in [5.41, 5.74) is 1.59. The third kappa shape index (κ3) is 5.68. The summed E-state index contributed by atoms with van der Waals surface area (Å²) < 4.78 is 13.2. The summed E-state index contributed by atoms with van der Waals surface area (Å²) in [5.74, 6) is 2.12. The van der Waals surface area contributed by atoms with Crippen LogP contribution in [0.2, 0.25) is 0 Å². The minimum absolute atomic E-state index is 0.173. The lowest BCUT2D eigenvalue weighted by molar-refractivity contribution is 0.305. The van der Waals surface area contributed by atoms with Gasteiger partial charge in [-0.3, -0.25) is 4.79 Å². The van der Waals surface area contributed by atoms with E-state index in [0.29, 0.717) is 21.9 Å². The van der Waals surface area contributed by atoms with E-state index in [9.17, 15) is 4.79 Å². The van der Waals surface area contributed by atoms with Crippen LogP contribution >= 0.6 is 11.3 Å². The van der Waals surface area contributed by atoms with Crippen LogP contribution in [-0.2, 0) is 0 Å². The highest BCUT2D eigenvalue weighted by atomic mass is 32.1. The van der Waals surface area contributed by atoms with Gasteiger partial charge in [0.1, 0.15) is 18.1 Å². The first-order chi connectivity index (χ1) is 16.2. The highest BCUT2D eigenvalue weighted by molar-refractivity contribution is 7.15. The van der Waals surface area contributed by atoms with Crippen LogP contribution in [0, 0.1) is 0 Å². The zero-order valence-electron chi connectivity index (χ0n) is 18.7. The minimum atomic E-state index is -0.173. The summed E-state index contributed by atoms with van der Waals surface area (Å²) in [7, 11) is 0. The molecule has 0 atom stereocenters. The monoisotopic (exact) mass is 461 g/mol. The van der Waals surface area contributed by atoms with Crippen molar-refractivity contribution in [2.45, 2.75) is 32.6 Å². The third-order valence-corrected chi connectivity index (χ3v) is 6.07. The number of aromatic nitrogens is 3. The minimum Gasteiger partial charge on any atom is -0.494 e. The lowest BCUT2D eigenvalue weighted by atomic mass is 10.2. The molecule has 0 bridgehead atoms. The van der Waals surface area contributed by atoms with Crippen molar-refractivity contribution in [1.29, 1.82) is 0 Å². The molecule has 0 radical (unpaired) electrons. The number of unbranched alkanes of at least 4 members (excludes halogenated alkanes) is 3. The number of hydrogen-bond donors (Lipinski definition) is 0. The molecular formula is C26H27N3O3S. The number of thiazole rings is 1. The number of benzene rings is 2. The van der Waals surface area contributed by atoms with Crippen molar-refractivity contribution in [3.63, 3.8) is 0 Å². The maximum atomic E-state index is 12.8. The number of ether oxygens (including phenoxy) is 2. The number of nitrogens with zero attached hydrogens (tertiary/aromatic N) is 3. The van der Waals surface area contributed by atoms with Crippen LogP contribution in [0.4, 0.5) is 0 Å². The molecule has 0 aliphatic carbocycles. The van der Waals surface area contributed by atoms with Gasteiger partial charge in [-0.1, -0.05) is 62.3 Å². The molecule has 2 aromatic carbocycles. The number of rotatable bonds is 11. The molecule has 0 spiro atoms. The van der Waals surface area contributed by atoms with E-state index >= 15 is 0 Å². The van der Waals surface area contributed by atoms with Crippen LogP contribution in [-0.4, -0.2) is 27.8 Å². The first-order valence-electron chi connectivity index (χ1n) is 11.2. The summed E-state index contributed by atoms with van der Waals surface area (Å²) in [6, 6.07) is 15.2. The van der Waals surface area contributed by atoms with Gasteiger partial charge >= 0.3 is 0 Å². The Morgan fingerprint density at radius 3 is 2.42 bits per heavy atom. The molecule has 0 saturated carbocycles. The van der Waals surface area contributed by atoms with Crippen molar-refractivity contribution >= 4 is 22.4 Å². The van der Waals surface area contributed by atoms with Gasteiger partial charge in [0, 0.05) is 5.56 Å². The molecular weight excluding hydrogens is 434 g/mol. The van der Waals surface area contributed by atoms with Gasteiger partial charge in [0.05, 0.1) is 11.1 Å². The Kier molecular flexibility index (Phi) is 7.52. The molecule has 0 N–H and O–H groups in total. The third-order valence-electron chi connectivity index (χ3n) is 5.11. The van der Waals surface area contributed by atoms with Crippen LogP contribution in [0.25, 0.3) is 22.4 Å². The molecule has 0 fully saturated rings. The fourth-order valence-electron chi connectivity index (χ4n) is 3.34. The lowest BCUT2D eigenvalue weighted by Crippen LogP contribution is -2.23. The first kappa shape index (κ1) is 22.7. The summed E-state index contributed by atoms with van der Waals surface area (Å²) in [6.07, 6.45) is 8.25. The average Bonchev–Trinajstić information content (AvgIpc) is 3.38. The predicted molar refractivity (Wildman–Crippen MR) is 133 cm³/mol. The van der Waals surface area contributed by atoms with Gasteiger partial charge in [0.2, 0.25) is 4.96 Å². The van der Waals surface area contributed by atoms with Crippen molar-refractivity contribution in [3.05, 3.63) is 81.6 Å². The molecule has 4 aromatic rings. The van der Waals surface area contributed by atoms with Crippen molar-refractivity contribution in [2.75, 3.05) is 13.2 Å². The zero-order valence-corrected chi connectivity index (χ0v) is 19.5. The average molecular weight is 462 g/mol. The largest absolute Gasteiger partial charge is 0.494 e. The van der Waals surface area contributed by atoms with E-state index in [1.807, 2.05) is 54.6 Å². The topological polar surface area (TPSA) is 65.7 Å². The Morgan fingerprint density at radius 2 is 1.73 bits per heavy atom. The highest BCUT2D eigenvalue weighted by Crippen LogP contribution is 2.21. The molecule has 2 heterocycles. The quantitative estimate of drug-likeness (QED) is 0.235. The molecule has 0 unspecified atom stereocenters. The molecule has 6 nitrogen and oxygen atoms in total. The summed E-state index contributed by atoms with van der Waals surface area (Å²) in [5, 5.41) is 4.43. The molecule has 7 heteroatoms. The normalized spacial score (nSPS) is 11.7. The van der Waals surface area contributed by atoms with Crippen LogP contribution < -0.4 is 19.6 Å². The standard InChI is InChI=1S/C26H27N3O3S/c1-3-5-6-7-17-32-22-14-10-20(11-15-22)24-27-26-29(28-24)25(30)23(33-26)18-19-8-12-21(13-9-19)31-16-4-2/h4,8-15,18H,2-3,5-7,16-17H2,1H3/b23-18-.